The number of hydrogen-bond donors (Lipinski definition) is 1. The van der Waals surface area contributed by atoms with E-state index < -0.39 is 6.61 Å². The Morgan fingerprint density at radius 2 is 2.00 bits per heavy atom. The highest BCUT2D eigenvalue weighted by Gasteiger charge is 2.25. The second-order valence-corrected chi connectivity index (χ2v) is 7.37. The third kappa shape index (κ3) is 4.44. The summed E-state index contributed by atoms with van der Waals surface area (Å²) in [5, 5.41) is 0.894. The SMILES string of the molecule is CN=C(C1=C(N)CN(C(=O)c2ccc3ncccc3c2)CC1)c1cccc(OC(F)F)c1. The molecule has 32 heavy (non-hydrogen) atoms. The summed E-state index contributed by atoms with van der Waals surface area (Å²) in [6, 6.07) is 15.5. The van der Waals surface area contributed by atoms with E-state index in [9.17, 15) is 13.6 Å². The van der Waals surface area contributed by atoms with Crippen molar-refractivity contribution >= 4 is 22.5 Å². The van der Waals surface area contributed by atoms with Crippen LogP contribution in [0.3, 0.4) is 0 Å². The fourth-order valence-electron chi connectivity index (χ4n) is 3.88. The van der Waals surface area contributed by atoms with Crippen LogP contribution in [0.4, 0.5) is 8.78 Å². The lowest BCUT2D eigenvalue weighted by molar-refractivity contribution is -0.0498. The number of amides is 1. The third-order valence-corrected chi connectivity index (χ3v) is 5.36. The van der Waals surface area contributed by atoms with Crippen LogP contribution >= 0.6 is 0 Å². The van der Waals surface area contributed by atoms with Gasteiger partial charge in [0.2, 0.25) is 0 Å². The predicted molar refractivity (Wildman–Crippen MR) is 119 cm³/mol. The maximum absolute atomic E-state index is 13.1. The van der Waals surface area contributed by atoms with Crippen molar-refractivity contribution in [2.24, 2.45) is 10.7 Å². The van der Waals surface area contributed by atoms with Crippen LogP contribution in [-0.4, -0.2) is 48.3 Å². The number of carbonyl (C=O) groups excluding carboxylic acids is 1. The minimum Gasteiger partial charge on any atom is -0.435 e. The molecule has 0 spiro atoms. The number of fused-ring (bicyclic) bond motifs is 1. The fraction of sp³-hybridized carbons (Fsp3) is 0.208. The minimum absolute atomic E-state index is 0.0521. The predicted octanol–water partition coefficient (Wildman–Crippen LogP) is 4.01. The van der Waals surface area contributed by atoms with Crippen LogP contribution in [-0.2, 0) is 0 Å². The second kappa shape index (κ2) is 9.13. The van der Waals surface area contributed by atoms with Crippen molar-refractivity contribution in [3.8, 4) is 5.75 Å². The average Bonchev–Trinajstić information content (AvgIpc) is 2.79. The number of halogens is 2. The lowest BCUT2D eigenvalue weighted by atomic mass is 9.94. The molecular weight excluding hydrogens is 414 g/mol. The third-order valence-electron chi connectivity index (χ3n) is 5.36. The molecule has 0 atom stereocenters. The maximum Gasteiger partial charge on any atom is 0.387 e. The van der Waals surface area contributed by atoms with Crippen molar-refractivity contribution in [3.63, 3.8) is 0 Å². The highest BCUT2D eigenvalue weighted by molar-refractivity contribution is 6.13. The quantitative estimate of drug-likeness (QED) is 0.613. The number of hydrogen-bond acceptors (Lipinski definition) is 5. The number of nitrogens with two attached hydrogens (primary N) is 1. The Balaban J connectivity index is 1.55. The van der Waals surface area contributed by atoms with Crippen LogP contribution < -0.4 is 10.5 Å². The van der Waals surface area contributed by atoms with E-state index in [1.54, 1.807) is 36.3 Å². The van der Waals surface area contributed by atoms with Gasteiger partial charge in [0.15, 0.2) is 0 Å². The Labute approximate surface area is 184 Å². The lowest BCUT2D eigenvalue weighted by Crippen LogP contribution is -2.40. The van der Waals surface area contributed by atoms with Gasteiger partial charge in [-0.2, -0.15) is 8.78 Å². The summed E-state index contributed by atoms with van der Waals surface area (Å²) in [5.41, 5.74) is 10.3. The van der Waals surface area contributed by atoms with Gasteiger partial charge in [-0.15, -0.1) is 0 Å². The van der Waals surface area contributed by atoms with Crippen LogP contribution in [0.15, 0.2) is 77.1 Å². The van der Waals surface area contributed by atoms with Crippen LogP contribution in [0.25, 0.3) is 10.9 Å². The van der Waals surface area contributed by atoms with E-state index in [-0.39, 0.29) is 18.2 Å². The van der Waals surface area contributed by atoms with Crippen molar-refractivity contribution in [1.82, 2.24) is 9.88 Å². The molecule has 4 rings (SSSR count). The van der Waals surface area contributed by atoms with E-state index in [0.29, 0.717) is 35.5 Å². The Morgan fingerprint density at radius 3 is 2.75 bits per heavy atom. The molecule has 1 amide bonds. The summed E-state index contributed by atoms with van der Waals surface area (Å²) in [7, 11) is 1.62. The van der Waals surface area contributed by atoms with Crippen LogP contribution in [0.1, 0.15) is 22.3 Å². The Kier molecular flexibility index (Phi) is 6.11. The van der Waals surface area contributed by atoms with E-state index in [0.717, 1.165) is 16.5 Å². The Hall–Kier alpha value is -3.81. The zero-order valence-electron chi connectivity index (χ0n) is 17.5. The molecule has 0 bridgehead atoms. The van der Waals surface area contributed by atoms with E-state index in [2.05, 4.69) is 14.7 Å². The molecule has 2 aromatic carbocycles. The van der Waals surface area contributed by atoms with Crippen molar-refractivity contribution < 1.29 is 18.3 Å². The largest absolute Gasteiger partial charge is 0.435 e. The zero-order valence-corrected chi connectivity index (χ0v) is 17.5. The molecule has 0 saturated heterocycles. The average molecular weight is 436 g/mol. The van der Waals surface area contributed by atoms with Gasteiger partial charge in [-0.1, -0.05) is 18.2 Å². The smallest absolute Gasteiger partial charge is 0.387 e. The number of aliphatic imine (C=N–C) groups is 1. The Bertz CT molecular complexity index is 1220. The molecule has 164 valence electrons. The molecule has 0 fully saturated rings. The number of alkyl halides is 2. The van der Waals surface area contributed by atoms with Gasteiger partial charge in [0, 0.05) is 47.6 Å². The fourth-order valence-corrected chi connectivity index (χ4v) is 3.88. The summed E-state index contributed by atoms with van der Waals surface area (Å²) >= 11 is 0. The van der Waals surface area contributed by atoms with Crippen LogP contribution in [0.5, 0.6) is 5.75 Å². The standard InChI is InChI=1S/C24H22F2N4O2/c1-28-22(16-4-2-6-18(13-16)32-24(25)26)19-9-11-30(14-20(19)27)23(31)17-7-8-21-15(12-17)5-3-10-29-21/h2-8,10,12-13,24H,9,11,14,27H2,1H3. The second-order valence-electron chi connectivity index (χ2n) is 7.37. The molecule has 2 heterocycles. The molecule has 8 heteroatoms. The molecule has 0 saturated carbocycles. The number of carbonyl (C=O) groups is 1. The van der Waals surface area contributed by atoms with E-state index in [1.165, 1.54) is 12.1 Å². The topological polar surface area (TPSA) is 80.8 Å². The van der Waals surface area contributed by atoms with E-state index >= 15 is 0 Å². The Morgan fingerprint density at radius 1 is 1.16 bits per heavy atom. The first-order chi connectivity index (χ1) is 15.5. The van der Waals surface area contributed by atoms with Crippen molar-refractivity contribution in [2.45, 2.75) is 13.0 Å². The molecular formula is C24H22F2N4O2. The molecule has 1 aromatic heterocycles. The summed E-state index contributed by atoms with van der Waals surface area (Å²) in [6.07, 6.45) is 2.21. The summed E-state index contributed by atoms with van der Waals surface area (Å²) in [5.74, 6) is -0.0590. The molecule has 1 aliphatic rings. The van der Waals surface area contributed by atoms with Gasteiger partial charge in [0.05, 0.1) is 17.8 Å². The van der Waals surface area contributed by atoms with Gasteiger partial charge in [-0.25, -0.2) is 0 Å². The maximum atomic E-state index is 13.1. The van der Waals surface area contributed by atoms with E-state index in [4.69, 9.17) is 5.73 Å². The number of pyridine rings is 1. The lowest BCUT2D eigenvalue weighted by Gasteiger charge is -2.30. The first-order valence-corrected chi connectivity index (χ1v) is 10.1. The monoisotopic (exact) mass is 436 g/mol. The van der Waals surface area contributed by atoms with Crippen molar-refractivity contribution in [2.75, 3.05) is 20.1 Å². The zero-order chi connectivity index (χ0) is 22.7. The highest BCUT2D eigenvalue weighted by Crippen LogP contribution is 2.25. The molecule has 1 aliphatic heterocycles. The number of rotatable bonds is 5. The highest BCUT2D eigenvalue weighted by atomic mass is 19.3. The van der Waals surface area contributed by atoms with Gasteiger partial charge in [-0.05, 0) is 42.8 Å². The molecule has 3 aromatic rings. The van der Waals surface area contributed by atoms with Gasteiger partial charge < -0.3 is 15.4 Å². The van der Waals surface area contributed by atoms with Crippen LogP contribution in [0, 0.1) is 0 Å². The van der Waals surface area contributed by atoms with E-state index in [1.807, 2.05) is 24.3 Å². The van der Waals surface area contributed by atoms with Gasteiger partial charge >= 0.3 is 6.61 Å². The number of aromatic nitrogens is 1. The van der Waals surface area contributed by atoms with Gasteiger partial charge in [0.1, 0.15) is 5.75 Å². The van der Waals surface area contributed by atoms with Crippen molar-refractivity contribution in [3.05, 3.63) is 83.2 Å². The molecule has 0 aliphatic carbocycles. The summed E-state index contributed by atoms with van der Waals surface area (Å²) < 4.78 is 29.6. The molecule has 0 unspecified atom stereocenters. The van der Waals surface area contributed by atoms with Gasteiger partial charge in [0.25, 0.3) is 5.91 Å². The number of ether oxygens (including phenoxy) is 1. The van der Waals surface area contributed by atoms with Gasteiger partial charge in [-0.3, -0.25) is 14.8 Å². The number of nitrogens with zero attached hydrogens (tertiary/aromatic N) is 3. The number of benzene rings is 2. The molecule has 0 radical (unpaired) electrons. The summed E-state index contributed by atoms with van der Waals surface area (Å²) in [4.78, 5) is 23.4. The van der Waals surface area contributed by atoms with Crippen LogP contribution in [0.2, 0.25) is 0 Å². The first kappa shape index (κ1) is 21.4. The molecule has 2 N–H and O–H groups in total. The minimum atomic E-state index is -2.91. The van der Waals surface area contributed by atoms with Crippen molar-refractivity contribution in [1.29, 1.82) is 0 Å². The normalized spacial score (nSPS) is 14.9. The summed E-state index contributed by atoms with van der Waals surface area (Å²) in [6.45, 7) is -2.19. The molecule has 6 nitrogen and oxygen atoms in total. The first-order valence-electron chi connectivity index (χ1n) is 10.1.